The molecule has 124 valence electrons. The first-order valence-corrected chi connectivity index (χ1v) is 7.70. The molecule has 21 heavy (non-hydrogen) atoms. The number of carbonyl (C=O) groups is 1. The minimum atomic E-state index is -1.42. The van der Waals surface area contributed by atoms with Gasteiger partial charge in [0.25, 0.3) is 0 Å². The van der Waals surface area contributed by atoms with Crippen molar-refractivity contribution < 1.29 is 24.9 Å². The Morgan fingerprint density at radius 2 is 2.00 bits per heavy atom. The number of aliphatic hydroxyl groups excluding tert-OH is 3. The Hall–Kier alpha value is -0.530. The molecule has 1 heterocycles. The zero-order valence-electron chi connectivity index (χ0n) is 13.4. The normalized spacial score (nSPS) is 35.0. The minimum Gasteiger partial charge on any atom is -0.393 e. The van der Waals surface area contributed by atoms with Gasteiger partial charge in [-0.2, -0.15) is 0 Å². The van der Waals surface area contributed by atoms with E-state index in [1.165, 1.54) is 0 Å². The number of ether oxygens (including phenoxy) is 1. The third-order valence-electron chi connectivity index (χ3n) is 4.18. The molecular weight excluding hydrogens is 274 g/mol. The lowest BCUT2D eigenvalue weighted by atomic mass is 9.80. The molecule has 0 bridgehead atoms. The molecule has 0 radical (unpaired) electrons. The second-order valence-electron chi connectivity index (χ2n) is 6.31. The van der Waals surface area contributed by atoms with Crippen molar-refractivity contribution in [2.24, 2.45) is 5.92 Å². The topological polar surface area (TPSA) is 99.0 Å². The largest absolute Gasteiger partial charge is 0.393 e. The quantitative estimate of drug-likeness (QED) is 0.522. The van der Waals surface area contributed by atoms with E-state index in [1.54, 1.807) is 6.92 Å². The molecule has 0 spiro atoms. The molecule has 0 aliphatic carbocycles. The van der Waals surface area contributed by atoms with Gasteiger partial charge in [-0.1, -0.05) is 27.7 Å². The lowest BCUT2D eigenvalue weighted by Gasteiger charge is -2.45. The number of nitrogens with one attached hydrogen (secondary N) is 1. The molecule has 0 saturated carbocycles. The van der Waals surface area contributed by atoms with E-state index in [-0.39, 0.29) is 24.2 Å². The van der Waals surface area contributed by atoms with Crippen molar-refractivity contribution in [1.29, 1.82) is 0 Å². The molecule has 0 aromatic carbocycles. The molecule has 1 rings (SSSR count). The first kappa shape index (κ1) is 18.5. The standard InChI is InChI=1S/C15H29NO5/c1-5-10(4)14(20)15(8-17)6-11(18)13(19)12(21-15)7-16-9(2)3/h9-13,16-19H,5-8H2,1-4H3. The average Bonchev–Trinajstić information content (AvgIpc) is 2.46. The van der Waals surface area contributed by atoms with Crippen LogP contribution in [0.1, 0.15) is 40.5 Å². The third kappa shape index (κ3) is 4.23. The van der Waals surface area contributed by atoms with Crippen LogP contribution in [-0.4, -0.2) is 64.2 Å². The van der Waals surface area contributed by atoms with E-state index in [2.05, 4.69) is 5.32 Å². The number of carbonyl (C=O) groups excluding carboxylic acids is 1. The van der Waals surface area contributed by atoms with Gasteiger partial charge in [-0.3, -0.25) is 4.79 Å². The molecular formula is C15H29NO5. The summed E-state index contributed by atoms with van der Waals surface area (Å²) in [4.78, 5) is 12.5. The summed E-state index contributed by atoms with van der Waals surface area (Å²) in [7, 11) is 0. The summed E-state index contributed by atoms with van der Waals surface area (Å²) in [5.74, 6) is -0.480. The summed E-state index contributed by atoms with van der Waals surface area (Å²) in [5, 5.41) is 32.9. The fraction of sp³-hybridized carbons (Fsp3) is 0.933. The maximum atomic E-state index is 12.5. The average molecular weight is 303 g/mol. The van der Waals surface area contributed by atoms with Gasteiger partial charge in [-0.05, 0) is 6.42 Å². The van der Waals surface area contributed by atoms with Crippen LogP contribution >= 0.6 is 0 Å². The van der Waals surface area contributed by atoms with Gasteiger partial charge in [0, 0.05) is 24.9 Å². The van der Waals surface area contributed by atoms with Crippen LogP contribution in [0.2, 0.25) is 0 Å². The summed E-state index contributed by atoms with van der Waals surface area (Å²) in [6.07, 6.45) is -2.32. The summed E-state index contributed by atoms with van der Waals surface area (Å²) in [5.41, 5.74) is -1.42. The zero-order valence-corrected chi connectivity index (χ0v) is 13.4. The number of ketones is 1. The van der Waals surface area contributed by atoms with Crippen molar-refractivity contribution in [3.05, 3.63) is 0 Å². The highest BCUT2D eigenvalue weighted by molar-refractivity contribution is 5.89. The van der Waals surface area contributed by atoms with Gasteiger partial charge < -0.3 is 25.4 Å². The molecule has 5 unspecified atom stereocenters. The molecule has 0 aromatic rings. The van der Waals surface area contributed by atoms with Crippen LogP contribution in [0.25, 0.3) is 0 Å². The van der Waals surface area contributed by atoms with Crippen molar-refractivity contribution in [2.45, 2.75) is 70.5 Å². The highest BCUT2D eigenvalue weighted by Crippen LogP contribution is 2.32. The Kier molecular flexibility index (Phi) is 6.74. The van der Waals surface area contributed by atoms with Gasteiger partial charge in [0.05, 0.1) is 18.8 Å². The first-order chi connectivity index (χ1) is 9.77. The smallest absolute Gasteiger partial charge is 0.169 e. The van der Waals surface area contributed by atoms with Gasteiger partial charge in [-0.15, -0.1) is 0 Å². The number of hydrogen-bond acceptors (Lipinski definition) is 6. The predicted octanol–water partition coefficient (Wildman–Crippen LogP) is -0.159. The van der Waals surface area contributed by atoms with Crippen LogP contribution in [0.5, 0.6) is 0 Å². The molecule has 6 nitrogen and oxygen atoms in total. The summed E-state index contributed by atoms with van der Waals surface area (Å²) in [6, 6.07) is 0.189. The minimum absolute atomic E-state index is 0.0774. The van der Waals surface area contributed by atoms with Crippen LogP contribution in [0, 0.1) is 5.92 Å². The first-order valence-electron chi connectivity index (χ1n) is 7.70. The maximum absolute atomic E-state index is 12.5. The lowest BCUT2D eigenvalue weighted by molar-refractivity contribution is -0.223. The molecule has 1 aliphatic rings. The van der Waals surface area contributed by atoms with E-state index in [9.17, 15) is 20.1 Å². The van der Waals surface area contributed by atoms with Crippen LogP contribution in [-0.2, 0) is 9.53 Å². The molecule has 6 heteroatoms. The molecule has 4 N–H and O–H groups in total. The highest BCUT2D eigenvalue weighted by Gasteiger charge is 2.51. The Bertz CT molecular complexity index is 349. The molecule has 1 saturated heterocycles. The van der Waals surface area contributed by atoms with Crippen LogP contribution < -0.4 is 5.32 Å². The van der Waals surface area contributed by atoms with Crippen molar-refractivity contribution in [1.82, 2.24) is 5.32 Å². The number of Topliss-reactive ketones (excluding diaryl/α,β-unsaturated/α-hetero) is 1. The van der Waals surface area contributed by atoms with Crippen LogP contribution in [0.15, 0.2) is 0 Å². The number of hydrogen-bond donors (Lipinski definition) is 4. The van der Waals surface area contributed by atoms with Crippen molar-refractivity contribution in [3.8, 4) is 0 Å². The van der Waals surface area contributed by atoms with Gasteiger partial charge in [0.15, 0.2) is 11.4 Å². The Labute approximate surface area is 126 Å². The van der Waals surface area contributed by atoms with E-state index in [1.807, 2.05) is 20.8 Å². The van der Waals surface area contributed by atoms with Crippen molar-refractivity contribution in [2.75, 3.05) is 13.2 Å². The Morgan fingerprint density at radius 1 is 1.38 bits per heavy atom. The fourth-order valence-electron chi connectivity index (χ4n) is 2.60. The highest BCUT2D eigenvalue weighted by atomic mass is 16.5. The van der Waals surface area contributed by atoms with E-state index in [4.69, 9.17) is 4.74 Å². The maximum Gasteiger partial charge on any atom is 0.169 e. The zero-order chi connectivity index (χ0) is 16.2. The van der Waals surface area contributed by atoms with Crippen molar-refractivity contribution >= 4 is 5.78 Å². The monoisotopic (exact) mass is 303 g/mol. The molecule has 0 amide bonds. The fourth-order valence-corrected chi connectivity index (χ4v) is 2.60. The summed E-state index contributed by atoms with van der Waals surface area (Å²) in [6.45, 7) is 7.40. The van der Waals surface area contributed by atoms with Gasteiger partial charge >= 0.3 is 0 Å². The van der Waals surface area contributed by atoms with Gasteiger partial charge in [0.2, 0.25) is 0 Å². The molecule has 1 aliphatic heterocycles. The second kappa shape index (κ2) is 7.65. The molecule has 0 aromatic heterocycles. The van der Waals surface area contributed by atoms with E-state index >= 15 is 0 Å². The molecule has 1 fully saturated rings. The Balaban J connectivity index is 2.92. The SMILES string of the molecule is CCC(C)C(=O)C1(CO)CC(O)C(O)C(CNC(C)C)O1. The second-order valence-corrected chi connectivity index (χ2v) is 6.31. The van der Waals surface area contributed by atoms with E-state index in [0.717, 1.165) is 0 Å². The summed E-state index contributed by atoms with van der Waals surface area (Å²) >= 11 is 0. The van der Waals surface area contributed by atoms with Crippen LogP contribution in [0.4, 0.5) is 0 Å². The summed E-state index contributed by atoms with van der Waals surface area (Å²) < 4.78 is 5.77. The van der Waals surface area contributed by atoms with E-state index in [0.29, 0.717) is 13.0 Å². The van der Waals surface area contributed by atoms with Crippen molar-refractivity contribution in [3.63, 3.8) is 0 Å². The Morgan fingerprint density at radius 3 is 2.48 bits per heavy atom. The predicted molar refractivity (Wildman–Crippen MR) is 78.9 cm³/mol. The number of aliphatic hydroxyl groups is 3. The van der Waals surface area contributed by atoms with Gasteiger partial charge in [0.1, 0.15) is 6.10 Å². The lowest BCUT2D eigenvalue weighted by Crippen LogP contribution is -2.62. The van der Waals surface area contributed by atoms with Gasteiger partial charge in [-0.25, -0.2) is 0 Å². The third-order valence-corrected chi connectivity index (χ3v) is 4.18. The molecule has 5 atom stereocenters. The van der Waals surface area contributed by atoms with E-state index < -0.39 is 30.5 Å². The van der Waals surface area contributed by atoms with Crippen LogP contribution in [0.3, 0.4) is 0 Å². The number of rotatable bonds is 7.